The summed E-state index contributed by atoms with van der Waals surface area (Å²) >= 11 is 3.42. The molecule has 0 aliphatic heterocycles. The molecule has 2 rings (SSSR count). The number of hydrogen-bond donors (Lipinski definition) is 1. The molecule has 1 aliphatic rings. The Hall–Kier alpha value is -0.540. The van der Waals surface area contributed by atoms with Gasteiger partial charge in [-0.05, 0) is 55.9 Å². The van der Waals surface area contributed by atoms with Crippen LogP contribution in [0.15, 0.2) is 28.7 Å². The first-order valence-electron chi connectivity index (χ1n) is 6.86. The zero-order valence-electron chi connectivity index (χ0n) is 11.0. The molecule has 0 saturated heterocycles. The molecule has 0 unspecified atom stereocenters. The fourth-order valence-corrected chi connectivity index (χ4v) is 2.69. The molecule has 3 heteroatoms. The minimum atomic E-state index is 0.703. The summed E-state index contributed by atoms with van der Waals surface area (Å²) in [5.74, 6) is 1.86. The summed E-state index contributed by atoms with van der Waals surface area (Å²) in [5.41, 5.74) is 0. The van der Waals surface area contributed by atoms with Crippen LogP contribution in [0.1, 0.15) is 32.6 Å². The maximum absolute atomic E-state index is 5.69. The van der Waals surface area contributed by atoms with E-state index in [4.69, 9.17) is 4.74 Å². The van der Waals surface area contributed by atoms with E-state index in [1.165, 1.54) is 25.7 Å². The highest BCUT2D eigenvalue weighted by molar-refractivity contribution is 9.10. The van der Waals surface area contributed by atoms with E-state index in [1.54, 1.807) is 0 Å². The Labute approximate surface area is 118 Å². The predicted molar refractivity (Wildman–Crippen MR) is 79.1 cm³/mol. The van der Waals surface area contributed by atoms with Crippen molar-refractivity contribution in [1.29, 1.82) is 0 Å². The van der Waals surface area contributed by atoms with Gasteiger partial charge in [0.1, 0.15) is 12.4 Å². The zero-order chi connectivity index (χ0) is 12.8. The highest BCUT2D eigenvalue weighted by Crippen LogP contribution is 2.23. The van der Waals surface area contributed by atoms with E-state index in [0.717, 1.165) is 29.3 Å². The van der Waals surface area contributed by atoms with Gasteiger partial charge in [0.2, 0.25) is 0 Å². The lowest BCUT2D eigenvalue weighted by molar-refractivity contribution is 0.270. The molecule has 1 saturated carbocycles. The fraction of sp³-hybridized carbons (Fsp3) is 0.600. The van der Waals surface area contributed by atoms with Gasteiger partial charge < -0.3 is 10.1 Å². The summed E-state index contributed by atoms with van der Waals surface area (Å²) in [7, 11) is 0. The second-order valence-corrected chi connectivity index (χ2v) is 6.13. The molecule has 100 valence electrons. The molecule has 0 spiro atoms. The molecule has 0 amide bonds. The molecule has 0 aromatic heterocycles. The second-order valence-electron chi connectivity index (χ2n) is 5.21. The molecule has 0 radical (unpaired) electrons. The minimum Gasteiger partial charge on any atom is -0.492 e. The molecule has 1 aromatic rings. The zero-order valence-corrected chi connectivity index (χ0v) is 12.6. The van der Waals surface area contributed by atoms with Gasteiger partial charge in [0.05, 0.1) is 0 Å². The summed E-state index contributed by atoms with van der Waals surface area (Å²) in [6, 6.07) is 8.70. The Kier molecular flexibility index (Phi) is 5.51. The first-order valence-corrected chi connectivity index (χ1v) is 7.65. The van der Waals surface area contributed by atoms with Crippen LogP contribution in [0, 0.1) is 5.92 Å². The largest absolute Gasteiger partial charge is 0.492 e. The van der Waals surface area contributed by atoms with E-state index in [-0.39, 0.29) is 0 Å². The van der Waals surface area contributed by atoms with Crippen LogP contribution < -0.4 is 10.1 Å². The Balaban J connectivity index is 1.60. The third-order valence-electron chi connectivity index (χ3n) is 3.63. The molecule has 0 heterocycles. The lowest BCUT2D eigenvalue weighted by Crippen LogP contribution is -2.35. The number of ether oxygens (including phenoxy) is 1. The maximum Gasteiger partial charge on any atom is 0.119 e. The average molecular weight is 312 g/mol. The van der Waals surface area contributed by atoms with E-state index < -0.39 is 0 Å². The van der Waals surface area contributed by atoms with Crippen LogP contribution in [0.25, 0.3) is 0 Å². The van der Waals surface area contributed by atoms with Gasteiger partial charge in [0, 0.05) is 17.1 Å². The molecule has 1 aromatic carbocycles. The Morgan fingerprint density at radius 1 is 1.17 bits per heavy atom. The lowest BCUT2D eigenvalue weighted by Gasteiger charge is -2.27. The highest BCUT2D eigenvalue weighted by Gasteiger charge is 2.16. The third-order valence-corrected chi connectivity index (χ3v) is 4.16. The second kappa shape index (κ2) is 7.15. The van der Waals surface area contributed by atoms with Gasteiger partial charge >= 0.3 is 0 Å². The molecule has 1 aliphatic carbocycles. The summed E-state index contributed by atoms with van der Waals surface area (Å²) in [6.07, 6.45) is 5.37. The van der Waals surface area contributed by atoms with E-state index in [1.807, 2.05) is 24.3 Å². The van der Waals surface area contributed by atoms with Gasteiger partial charge in [-0.25, -0.2) is 0 Å². The van der Waals surface area contributed by atoms with Gasteiger partial charge in [-0.1, -0.05) is 22.9 Å². The topological polar surface area (TPSA) is 21.3 Å². The first-order chi connectivity index (χ1) is 8.74. The molecule has 0 atom stereocenters. The van der Waals surface area contributed by atoms with E-state index in [0.29, 0.717) is 6.04 Å². The average Bonchev–Trinajstić information content (AvgIpc) is 2.39. The monoisotopic (exact) mass is 311 g/mol. The number of rotatable bonds is 5. The minimum absolute atomic E-state index is 0.703. The summed E-state index contributed by atoms with van der Waals surface area (Å²) in [4.78, 5) is 0. The smallest absolute Gasteiger partial charge is 0.119 e. The predicted octanol–water partition coefficient (Wildman–Crippen LogP) is 4.00. The van der Waals surface area contributed by atoms with Crippen molar-refractivity contribution in [2.75, 3.05) is 13.2 Å². The normalized spacial score (nSPS) is 23.9. The van der Waals surface area contributed by atoms with Crippen molar-refractivity contribution < 1.29 is 4.74 Å². The maximum atomic E-state index is 5.69. The standard InChI is InChI=1S/C15H22BrNO/c1-12-2-6-14(7-3-12)17-10-11-18-15-8-4-13(16)5-9-15/h4-5,8-9,12,14,17H,2-3,6-7,10-11H2,1H3. The molecule has 1 fully saturated rings. The third kappa shape index (κ3) is 4.62. The van der Waals surface area contributed by atoms with Crippen molar-refractivity contribution >= 4 is 15.9 Å². The van der Waals surface area contributed by atoms with Crippen LogP contribution in [-0.2, 0) is 0 Å². The van der Waals surface area contributed by atoms with Crippen LogP contribution in [-0.4, -0.2) is 19.2 Å². The summed E-state index contributed by atoms with van der Waals surface area (Å²) < 4.78 is 6.78. The number of nitrogens with one attached hydrogen (secondary N) is 1. The number of halogens is 1. The summed E-state index contributed by atoms with van der Waals surface area (Å²) in [5, 5.41) is 3.59. The van der Waals surface area contributed by atoms with Crippen molar-refractivity contribution in [3.05, 3.63) is 28.7 Å². The van der Waals surface area contributed by atoms with Crippen molar-refractivity contribution in [2.45, 2.75) is 38.6 Å². The van der Waals surface area contributed by atoms with Crippen LogP contribution >= 0.6 is 15.9 Å². The van der Waals surface area contributed by atoms with Crippen LogP contribution in [0.4, 0.5) is 0 Å². The SMILES string of the molecule is CC1CCC(NCCOc2ccc(Br)cc2)CC1. The molecular weight excluding hydrogens is 290 g/mol. The van der Waals surface area contributed by atoms with Gasteiger partial charge in [-0.3, -0.25) is 0 Å². The van der Waals surface area contributed by atoms with E-state index in [9.17, 15) is 0 Å². The van der Waals surface area contributed by atoms with Gasteiger partial charge in [-0.15, -0.1) is 0 Å². The molecule has 1 N–H and O–H groups in total. The van der Waals surface area contributed by atoms with Gasteiger partial charge in [0.15, 0.2) is 0 Å². The first kappa shape index (κ1) is 13.9. The van der Waals surface area contributed by atoms with Crippen molar-refractivity contribution in [3.63, 3.8) is 0 Å². The molecule has 0 bridgehead atoms. The van der Waals surface area contributed by atoms with Crippen molar-refractivity contribution in [2.24, 2.45) is 5.92 Å². The van der Waals surface area contributed by atoms with E-state index in [2.05, 4.69) is 28.2 Å². The summed E-state index contributed by atoms with van der Waals surface area (Å²) in [6.45, 7) is 4.04. The van der Waals surface area contributed by atoms with E-state index >= 15 is 0 Å². The fourth-order valence-electron chi connectivity index (χ4n) is 2.43. The molecule has 18 heavy (non-hydrogen) atoms. The Morgan fingerprint density at radius 3 is 2.50 bits per heavy atom. The number of benzene rings is 1. The van der Waals surface area contributed by atoms with Crippen molar-refractivity contribution in [1.82, 2.24) is 5.32 Å². The van der Waals surface area contributed by atoms with Gasteiger partial charge in [0.25, 0.3) is 0 Å². The van der Waals surface area contributed by atoms with Crippen LogP contribution in [0.2, 0.25) is 0 Å². The number of hydrogen-bond acceptors (Lipinski definition) is 2. The quantitative estimate of drug-likeness (QED) is 0.830. The molecular formula is C15H22BrNO. The highest BCUT2D eigenvalue weighted by atomic mass is 79.9. The van der Waals surface area contributed by atoms with Crippen LogP contribution in [0.5, 0.6) is 5.75 Å². The lowest BCUT2D eigenvalue weighted by atomic mass is 9.87. The Morgan fingerprint density at radius 2 is 1.83 bits per heavy atom. The van der Waals surface area contributed by atoms with Crippen molar-refractivity contribution in [3.8, 4) is 5.75 Å². The molecule has 2 nitrogen and oxygen atoms in total. The van der Waals surface area contributed by atoms with Gasteiger partial charge in [-0.2, -0.15) is 0 Å². The van der Waals surface area contributed by atoms with Crippen LogP contribution in [0.3, 0.4) is 0 Å². The Bertz CT molecular complexity index is 344.